The third-order valence-electron chi connectivity index (χ3n) is 0.860. The minimum Gasteiger partial charge on any atom is -0.496 e. The first-order valence-electron chi connectivity index (χ1n) is 2.41. The Hall–Kier alpha value is -0.760. The van der Waals surface area contributed by atoms with E-state index in [-0.39, 0.29) is 0 Å². The molecule has 0 N–H and O–H groups in total. The average molecular weight is 143 g/mol. The van der Waals surface area contributed by atoms with Gasteiger partial charge >= 0.3 is 0 Å². The quantitative estimate of drug-likeness (QED) is 0.555. The van der Waals surface area contributed by atoms with Crippen LogP contribution < -0.4 is 4.74 Å². The van der Waals surface area contributed by atoms with Gasteiger partial charge in [0.15, 0.2) is 0 Å². The van der Waals surface area contributed by atoms with E-state index >= 15 is 0 Å². The molecular weight excluding hydrogens is 138 g/mol. The molecule has 1 radical (unpaired) electrons. The molecule has 9 heavy (non-hydrogen) atoms. The maximum Gasteiger partial charge on any atom is 0.140 e. The second kappa shape index (κ2) is 2.69. The number of hydrogen-bond donors (Lipinski definition) is 0. The fourth-order valence-corrected chi connectivity index (χ4v) is 0.615. The third-order valence-corrected chi connectivity index (χ3v) is 1.05. The van der Waals surface area contributed by atoms with Gasteiger partial charge in [-0.25, -0.2) is 4.98 Å². The van der Waals surface area contributed by atoms with Crippen LogP contribution in [0.5, 0.6) is 5.75 Å². The lowest BCUT2D eigenvalue weighted by atomic mass is 10.5. The van der Waals surface area contributed by atoms with Crippen LogP contribution in [0.15, 0.2) is 12.3 Å². The monoisotopic (exact) mass is 142 g/mol. The SMILES string of the molecule is COc1[c]c(Cl)ncc1. The Labute approximate surface area is 58.4 Å². The molecule has 0 aliphatic rings. The molecule has 3 heteroatoms. The van der Waals surface area contributed by atoms with Crippen molar-refractivity contribution in [1.82, 2.24) is 4.98 Å². The Bertz CT molecular complexity index is 202. The van der Waals surface area contributed by atoms with Crippen molar-refractivity contribution in [3.8, 4) is 5.75 Å². The Balaban J connectivity index is 2.94. The van der Waals surface area contributed by atoms with Crippen molar-refractivity contribution < 1.29 is 4.74 Å². The first kappa shape index (κ1) is 6.36. The van der Waals surface area contributed by atoms with Crippen LogP contribution in [0.4, 0.5) is 0 Å². The fourth-order valence-electron chi connectivity index (χ4n) is 0.465. The van der Waals surface area contributed by atoms with Crippen LogP contribution in [0.3, 0.4) is 0 Å². The van der Waals surface area contributed by atoms with Crippen LogP contribution in [0.2, 0.25) is 5.15 Å². The highest BCUT2D eigenvalue weighted by atomic mass is 35.5. The van der Waals surface area contributed by atoms with Crippen molar-refractivity contribution in [2.75, 3.05) is 7.11 Å². The van der Waals surface area contributed by atoms with E-state index in [0.29, 0.717) is 10.9 Å². The van der Waals surface area contributed by atoms with E-state index in [0.717, 1.165) is 0 Å². The number of methoxy groups -OCH3 is 1. The summed E-state index contributed by atoms with van der Waals surface area (Å²) in [6, 6.07) is 4.38. The summed E-state index contributed by atoms with van der Waals surface area (Å²) < 4.78 is 4.81. The van der Waals surface area contributed by atoms with Crippen molar-refractivity contribution >= 4 is 11.6 Å². The smallest absolute Gasteiger partial charge is 0.140 e. The normalized spacial score (nSPS) is 9.11. The van der Waals surface area contributed by atoms with Gasteiger partial charge in [0.2, 0.25) is 0 Å². The number of aromatic nitrogens is 1. The van der Waals surface area contributed by atoms with Gasteiger partial charge in [-0.05, 0) is 6.07 Å². The van der Waals surface area contributed by atoms with E-state index in [1.165, 1.54) is 0 Å². The van der Waals surface area contributed by atoms with Gasteiger partial charge in [0.05, 0.1) is 13.2 Å². The zero-order valence-corrected chi connectivity index (χ0v) is 5.64. The highest BCUT2D eigenvalue weighted by molar-refractivity contribution is 6.29. The lowest BCUT2D eigenvalue weighted by molar-refractivity contribution is 0.413. The molecule has 0 spiro atoms. The lowest BCUT2D eigenvalue weighted by Crippen LogP contribution is -1.82. The molecule has 0 bridgehead atoms. The molecule has 2 nitrogen and oxygen atoms in total. The summed E-state index contributed by atoms with van der Waals surface area (Å²) in [5, 5.41) is 0.328. The molecule has 0 aromatic carbocycles. The molecule has 0 aliphatic carbocycles. The molecule has 1 aromatic rings. The summed E-state index contributed by atoms with van der Waals surface area (Å²) >= 11 is 5.48. The fraction of sp³-hybridized carbons (Fsp3) is 0.167. The Kier molecular flexibility index (Phi) is 1.90. The molecule has 0 atom stereocenters. The summed E-state index contributed by atoms with van der Waals surface area (Å²) in [6.07, 6.45) is 1.57. The zero-order valence-electron chi connectivity index (χ0n) is 4.89. The molecule has 0 unspecified atom stereocenters. The number of pyridine rings is 1. The van der Waals surface area contributed by atoms with Crippen molar-refractivity contribution in [3.05, 3.63) is 23.5 Å². The van der Waals surface area contributed by atoms with Gasteiger partial charge in [-0.15, -0.1) is 0 Å². The molecule has 0 aliphatic heterocycles. The van der Waals surface area contributed by atoms with Crippen molar-refractivity contribution in [1.29, 1.82) is 0 Å². The van der Waals surface area contributed by atoms with E-state index in [4.69, 9.17) is 16.3 Å². The third kappa shape index (κ3) is 1.57. The second-order valence-corrected chi connectivity index (χ2v) is 1.79. The highest BCUT2D eigenvalue weighted by Gasteiger charge is 1.91. The summed E-state index contributed by atoms with van der Waals surface area (Å²) in [5.74, 6) is 0.606. The summed E-state index contributed by atoms with van der Waals surface area (Å²) in [4.78, 5) is 3.72. The predicted molar refractivity (Wildman–Crippen MR) is 34.6 cm³/mol. The van der Waals surface area contributed by atoms with Gasteiger partial charge in [0.25, 0.3) is 0 Å². The van der Waals surface area contributed by atoms with Crippen LogP contribution >= 0.6 is 11.6 Å². The van der Waals surface area contributed by atoms with E-state index in [1.54, 1.807) is 19.4 Å². The number of hydrogen-bond acceptors (Lipinski definition) is 2. The zero-order chi connectivity index (χ0) is 6.69. The van der Waals surface area contributed by atoms with Crippen molar-refractivity contribution in [2.45, 2.75) is 0 Å². The van der Waals surface area contributed by atoms with E-state index < -0.39 is 0 Å². The van der Waals surface area contributed by atoms with Gasteiger partial charge in [0, 0.05) is 6.20 Å². The van der Waals surface area contributed by atoms with Crippen LogP contribution in [0.1, 0.15) is 0 Å². The predicted octanol–water partition coefficient (Wildman–Crippen LogP) is 1.54. The summed E-state index contributed by atoms with van der Waals surface area (Å²) in [6.45, 7) is 0. The van der Waals surface area contributed by atoms with Crippen LogP contribution in [-0.2, 0) is 0 Å². The maximum atomic E-state index is 5.48. The van der Waals surface area contributed by atoms with Crippen molar-refractivity contribution in [2.24, 2.45) is 0 Å². The molecule has 0 fully saturated rings. The molecular formula is C6H5ClNO. The summed E-state index contributed by atoms with van der Waals surface area (Å²) in [5.41, 5.74) is 0. The standard InChI is InChI=1S/C6H5ClNO/c1-9-5-2-3-8-6(7)4-5/h2-3H,1H3. The number of rotatable bonds is 1. The second-order valence-electron chi connectivity index (χ2n) is 1.43. The van der Waals surface area contributed by atoms with Gasteiger partial charge in [0.1, 0.15) is 10.9 Å². The Morgan fingerprint density at radius 1 is 1.78 bits per heavy atom. The number of nitrogens with zero attached hydrogens (tertiary/aromatic N) is 1. The first-order valence-corrected chi connectivity index (χ1v) is 2.78. The minimum absolute atomic E-state index is 0.328. The van der Waals surface area contributed by atoms with Gasteiger partial charge in [-0.2, -0.15) is 0 Å². The van der Waals surface area contributed by atoms with E-state index in [2.05, 4.69) is 11.1 Å². The van der Waals surface area contributed by atoms with E-state index in [9.17, 15) is 0 Å². The minimum atomic E-state index is 0.328. The van der Waals surface area contributed by atoms with Gasteiger partial charge < -0.3 is 4.74 Å². The average Bonchev–Trinajstić information content (AvgIpc) is 1.88. The Morgan fingerprint density at radius 3 is 3.00 bits per heavy atom. The number of ether oxygens (including phenoxy) is 1. The summed E-state index contributed by atoms with van der Waals surface area (Å²) in [7, 11) is 1.56. The highest BCUT2D eigenvalue weighted by Crippen LogP contribution is 2.11. The van der Waals surface area contributed by atoms with Crippen LogP contribution in [-0.4, -0.2) is 12.1 Å². The van der Waals surface area contributed by atoms with Crippen LogP contribution in [0, 0.1) is 6.07 Å². The van der Waals surface area contributed by atoms with Crippen LogP contribution in [0.25, 0.3) is 0 Å². The van der Waals surface area contributed by atoms with Gasteiger partial charge in [-0.3, -0.25) is 0 Å². The molecule has 1 aromatic heterocycles. The number of halogens is 1. The molecule has 0 saturated carbocycles. The molecule has 0 saturated heterocycles. The lowest BCUT2D eigenvalue weighted by Gasteiger charge is -1.95. The van der Waals surface area contributed by atoms with Crippen molar-refractivity contribution in [3.63, 3.8) is 0 Å². The first-order chi connectivity index (χ1) is 4.33. The maximum absolute atomic E-state index is 5.48. The Morgan fingerprint density at radius 2 is 2.56 bits per heavy atom. The molecule has 1 heterocycles. The molecule has 47 valence electrons. The topological polar surface area (TPSA) is 22.1 Å². The van der Waals surface area contributed by atoms with Gasteiger partial charge in [-0.1, -0.05) is 11.6 Å². The molecule has 0 amide bonds. The van der Waals surface area contributed by atoms with E-state index in [1.807, 2.05) is 0 Å². The molecule has 1 rings (SSSR count). The largest absolute Gasteiger partial charge is 0.496 e.